The molecule has 6 nitrogen and oxygen atoms in total. The summed E-state index contributed by atoms with van der Waals surface area (Å²) in [6.45, 7) is 12.9. The van der Waals surface area contributed by atoms with E-state index in [9.17, 15) is 9.59 Å². The van der Waals surface area contributed by atoms with Gasteiger partial charge in [-0.2, -0.15) is 0 Å². The zero-order valence-corrected chi connectivity index (χ0v) is 22.0. The molecule has 3 saturated carbocycles. The Labute approximate surface area is 204 Å². The maximum Gasteiger partial charge on any atom is 0.509 e. The quantitative estimate of drug-likeness (QED) is 0.480. The van der Waals surface area contributed by atoms with Crippen LogP contribution < -0.4 is 0 Å². The van der Waals surface area contributed by atoms with Crippen molar-refractivity contribution in [2.45, 2.75) is 104 Å². The molecule has 1 unspecified atom stereocenters. The van der Waals surface area contributed by atoms with E-state index in [4.69, 9.17) is 18.9 Å². The monoisotopic (exact) mass is 474 g/mol. The van der Waals surface area contributed by atoms with Crippen molar-refractivity contribution in [1.29, 1.82) is 0 Å². The summed E-state index contributed by atoms with van der Waals surface area (Å²) in [5, 5.41) is 0. The molecule has 1 heterocycles. The maximum absolute atomic E-state index is 13.0. The summed E-state index contributed by atoms with van der Waals surface area (Å²) in [7, 11) is 1.87. The van der Waals surface area contributed by atoms with E-state index in [1.54, 1.807) is 0 Å². The number of rotatable bonds is 3. The van der Waals surface area contributed by atoms with Gasteiger partial charge in [0.05, 0.1) is 5.60 Å². The second kappa shape index (κ2) is 7.72. The Kier molecular flexibility index (Phi) is 5.48. The molecule has 1 aliphatic heterocycles. The summed E-state index contributed by atoms with van der Waals surface area (Å²) in [5.41, 5.74) is 0.763. The molecule has 190 valence electrons. The van der Waals surface area contributed by atoms with Crippen molar-refractivity contribution in [3.8, 4) is 0 Å². The minimum Gasteiger partial charge on any atom is -0.458 e. The van der Waals surface area contributed by atoms with Gasteiger partial charge in [-0.15, -0.1) is 0 Å². The van der Waals surface area contributed by atoms with Gasteiger partial charge in [0.25, 0.3) is 0 Å². The van der Waals surface area contributed by atoms with Crippen molar-refractivity contribution >= 4 is 12.1 Å². The largest absolute Gasteiger partial charge is 0.509 e. The van der Waals surface area contributed by atoms with Crippen molar-refractivity contribution in [3.05, 3.63) is 11.1 Å². The molecule has 0 aromatic rings. The predicted octanol–water partition coefficient (Wildman–Crippen LogP) is 5.83. The summed E-state index contributed by atoms with van der Waals surface area (Å²) in [6.07, 6.45) is 5.89. The van der Waals surface area contributed by atoms with E-state index in [-0.39, 0.29) is 34.7 Å². The highest BCUT2D eigenvalue weighted by Gasteiger charge is 2.78. The van der Waals surface area contributed by atoms with Crippen molar-refractivity contribution in [1.82, 2.24) is 0 Å². The second-order valence-corrected chi connectivity index (χ2v) is 13.0. The number of cyclic esters (lactones) is 1. The molecule has 0 aromatic heterocycles. The van der Waals surface area contributed by atoms with Gasteiger partial charge >= 0.3 is 12.1 Å². The number of carbonyl (C=O) groups excluding carboxylic acids is 2. The summed E-state index contributed by atoms with van der Waals surface area (Å²) < 4.78 is 24.2. The van der Waals surface area contributed by atoms with Gasteiger partial charge in [0.15, 0.2) is 0 Å². The van der Waals surface area contributed by atoms with Crippen LogP contribution in [0, 0.1) is 34.5 Å². The van der Waals surface area contributed by atoms with Gasteiger partial charge in [0, 0.05) is 23.5 Å². The maximum atomic E-state index is 13.0. The van der Waals surface area contributed by atoms with E-state index in [1.165, 1.54) is 5.57 Å². The first-order valence-electron chi connectivity index (χ1n) is 13.2. The molecule has 4 aliphatic carbocycles. The van der Waals surface area contributed by atoms with Crippen LogP contribution in [-0.4, -0.2) is 43.1 Å². The molecule has 0 N–H and O–H groups in total. The van der Waals surface area contributed by atoms with Crippen LogP contribution in [-0.2, 0) is 23.7 Å². The molecule has 0 bridgehead atoms. The average Bonchev–Trinajstić information content (AvgIpc) is 3.09. The van der Waals surface area contributed by atoms with E-state index in [0.29, 0.717) is 18.4 Å². The number of ether oxygens (including phenoxy) is 4. The Bertz CT molecular complexity index is 914. The molecule has 7 atom stereocenters. The molecule has 5 aliphatic rings. The third-order valence-electron chi connectivity index (χ3n) is 10.5. The molecular weight excluding hydrogens is 432 g/mol. The van der Waals surface area contributed by atoms with Crippen LogP contribution in [0.2, 0.25) is 0 Å². The number of carbonyl (C=O) groups is 2. The van der Waals surface area contributed by atoms with Gasteiger partial charge in [-0.05, 0) is 95.0 Å². The first kappa shape index (κ1) is 24.1. The Morgan fingerprint density at radius 3 is 2.47 bits per heavy atom. The molecule has 0 radical (unpaired) electrons. The van der Waals surface area contributed by atoms with Crippen LogP contribution >= 0.6 is 0 Å². The van der Waals surface area contributed by atoms with Gasteiger partial charge in [-0.3, -0.25) is 0 Å². The number of methoxy groups -OCH3 is 1. The summed E-state index contributed by atoms with van der Waals surface area (Å²) >= 11 is 0. The van der Waals surface area contributed by atoms with Crippen LogP contribution in [0.4, 0.5) is 4.79 Å². The van der Waals surface area contributed by atoms with Crippen LogP contribution in [0.25, 0.3) is 0 Å². The summed E-state index contributed by atoms with van der Waals surface area (Å²) in [6, 6.07) is 0. The molecular formula is C28H42O6. The zero-order chi connectivity index (χ0) is 24.7. The fourth-order valence-electron chi connectivity index (χ4n) is 8.99. The molecule has 6 heteroatoms. The lowest BCUT2D eigenvalue weighted by atomic mass is 9.32. The van der Waals surface area contributed by atoms with Gasteiger partial charge < -0.3 is 18.9 Å². The first-order valence-corrected chi connectivity index (χ1v) is 13.2. The third-order valence-corrected chi connectivity index (χ3v) is 10.5. The van der Waals surface area contributed by atoms with Crippen molar-refractivity contribution in [2.75, 3.05) is 13.7 Å². The van der Waals surface area contributed by atoms with E-state index >= 15 is 0 Å². The van der Waals surface area contributed by atoms with Gasteiger partial charge in [-0.1, -0.05) is 20.8 Å². The standard InChI is InChI=1S/C28H42O6/c1-16(2)18-10-13-28(31-7)26(6)11-9-19-20(15-32-23(19)29)21(26)14-17-8-12-27(17,28)22(18)33-24(30)34-25(3,4)5/h16-18,21-22H,8-15H2,1-7H3/t17-,18-,21?,22+,26-,27-,28+/m0/s1. The molecule has 3 fully saturated rings. The van der Waals surface area contributed by atoms with Crippen molar-refractivity contribution < 1.29 is 28.5 Å². The van der Waals surface area contributed by atoms with E-state index in [2.05, 4.69) is 20.8 Å². The lowest BCUT2D eigenvalue weighted by Gasteiger charge is -2.76. The van der Waals surface area contributed by atoms with Crippen molar-refractivity contribution in [2.24, 2.45) is 34.5 Å². The van der Waals surface area contributed by atoms with Crippen LogP contribution in [0.3, 0.4) is 0 Å². The Morgan fingerprint density at radius 2 is 1.88 bits per heavy atom. The summed E-state index contributed by atoms with van der Waals surface area (Å²) in [4.78, 5) is 25.4. The molecule has 0 amide bonds. The fourth-order valence-corrected chi connectivity index (χ4v) is 8.99. The van der Waals surface area contributed by atoms with E-state index < -0.39 is 17.4 Å². The molecule has 0 aromatic carbocycles. The summed E-state index contributed by atoms with van der Waals surface area (Å²) in [5.74, 6) is 1.21. The Morgan fingerprint density at radius 1 is 1.15 bits per heavy atom. The Hall–Kier alpha value is -1.56. The minimum absolute atomic E-state index is 0.122. The van der Waals surface area contributed by atoms with Gasteiger partial charge in [0.1, 0.15) is 18.3 Å². The van der Waals surface area contributed by atoms with Crippen LogP contribution in [0.1, 0.15) is 86.5 Å². The van der Waals surface area contributed by atoms with Crippen molar-refractivity contribution in [3.63, 3.8) is 0 Å². The Balaban J connectivity index is 1.59. The number of hydrogen-bond donors (Lipinski definition) is 0. The highest BCUT2D eigenvalue weighted by atomic mass is 16.7. The normalized spacial score (nSPS) is 43.2. The number of esters is 1. The number of fused-ring (bicyclic) bond motifs is 3. The zero-order valence-electron chi connectivity index (χ0n) is 22.0. The van der Waals surface area contributed by atoms with Gasteiger partial charge in [-0.25, -0.2) is 9.59 Å². The molecule has 5 rings (SSSR count). The SMILES string of the molecule is CO[C@@]12CC[C@@H](C(C)C)[C@@H](OC(=O)OC(C)(C)C)[C@@]13CC[C@H]3CC1C3=C(CC[C@@]12C)C(=O)OC3. The van der Waals surface area contributed by atoms with Gasteiger partial charge in [0.2, 0.25) is 0 Å². The second-order valence-electron chi connectivity index (χ2n) is 13.0. The van der Waals surface area contributed by atoms with E-state index in [0.717, 1.165) is 50.5 Å². The van der Waals surface area contributed by atoms with Crippen LogP contribution in [0.5, 0.6) is 0 Å². The lowest BCUT2D eigenvalue weighted by molar-refractivity contribution is -0.343. The molecule has 34 heavy (non-hydrogen) atoms. The average molecular weight is 475 g/mol. The third kappa shape index (κ3) is 3.02. The highest BCUT2D eigenvalue weighted by Crippen LogP contribution is 2.77. The highest BCUT2D eigenvalue weighted by molar-refractivity contribution is 5.92. The van der Waals surface area contributed by atoms with Crippen LogP contribution in [0.15, 0.2) is 11.1 Å². The topological polar surface area (TPSA) is 71.1 Å². The number of hydrogen-bond acceptors (Lipinski definition) is 6. The first-order chi connectivity index (χ1) is 15.9. The smallest absolute Gasteiger partial charge is 0.458 e. The lowest BCUT2D eigenvalue weighted by Crippen LogP contribution is -2.78. The predicted molar refractivity (Wildman–Crippen MR) is 127 cm³/mol. The molecule has 1 spiro atoms. The van der Waals surface area contributed by atoms with E-state index in [1.807, 2.05) is 27.9 Å². The molecule has 0 saturated heterocycles. The fraction of sp³-hybridized carbons (Fsp3) is 0.857. The minimum atomic E-state index is -0.598.